The molecular formula is C36H36O4. The maximum absolute atomic E-state index is 13.2. The third-order valence-electron chi connectivity index (χ3n) is 9.37. The topological polar surface area (TPSA) is 52.6 Å². The van der Waals surface area contributed by atoms with Crippen LogP contribution < -0.4 is 0 Å². The van der Waals surface area contributed by atoms with Gasteiger partial charge in [-0.15, -0.1) is 0 Å². The summed E-state index contributed by atoms with van der Waals surface area (Å²) in [6.45, 7) is 11.2. The molecule has 204 valence electrons. The molecule has 2 saturated carbocycles. The van der Waals surface area contributed by atoms with E-state index in [0.717, 1.165) is 24.0 Å². The number of carbonyl (C=O) groups is 2. The lowest BCUT2D eigenvalue weighted by atomic mass is 9.76. The fraction of sp³-hybridized carbons (Fsp3) is 0.333. The van der Waals surface area contributed by atoms with Crippen molar-refractivity contribution < 1.29 is 19.1 Å². The molecule has 0 amide bonds. The van der Waals surface area contributed by atoms with Crippen LogP contribution in [-0.4, -0.2) is 24.1 Å². The minimum absolute atomic E-state index is 0.100. The zero-order valence-corrected chi connectivity index (χ0v) is 23.4. The molecule has 0 N–H and O–H groups in total. The van der Waals surface area contributed by atoms with E-state index in [1.165, 1.54) is 16.7 Å². The van der Waals surface area contributed by atoms with Crippen LogP contribution in [0.2, 0.25) is 0 Å². The third kappa shape index (κ3) is 4.60. The van der Waals surface area contributed by atoms with Gasteiger partial charge in [-0.25, -0.2) is 9.59 Å². The Bertz CT molecular complexity index is 1470. The van der Waals surface area contributed by atoms with Gasteiger partial charge in [0, 0.05) is 11.8 Å². The highest BCUT2D eigenvalue weighted by molar-refractivity contribution is 5.90. The Morgan fingerprint density at radius 1 is 0.750 bits per heavy atom. The molecule has 4 nitrogen and oxygen atoms in total. The van der Waals surface area contributed by atoms with Crippen LogP contribution in [0.1, 0.15) is 71.4 Å². The molecule has 6 rings (SSSR count). The van der Waals surface area contributed by atoms with Crippen LogP contribution in [0.25, 0.3) is 5.57 Å². The Morgan fingerprint density at radius 2 is 1.30 bits per heavy atom. The van der Waals surface area contributed by atoms with Crippen LogP contribution in [0.5, 0.6) is 0 Å². The highest BCUT2D eigenvalue weighted by atomic mass is 16.6. The van der Waals surface area contributed by atoms with E-state index in [4.69, 9.17) is 9.47 Å². The Balaban J connectivity index is 1.30. The SMILES string of the molecule is C=C(C1=C(C)C2C(C1)C1CC2C(OC(=O)c2ccccc2)[C@@H]1OC(=O)c1ccccc1)c1cccc(C(C)C)c1. The molecule has 0 aliphatic heterocycles. The maximum Gasteiger partial charge on any atom is 0.338 e. The minimum atomic E-state index is -0.488. The van der Waals surface area contributed by atoms with Crippen molar-refractivity contribution in [2.24, 2.45) is 23.7 Å². The standard InChI is InChI=1S/C36H36O4/c1-21(2)26-16-11-17-27(18-26)22(3)28-19-29-30-20-31(32(29)23(28)4)34(40-36(38)25-14-9-6-10-15-25)33(30)39-35(37)24-12-7-5-8-13-24/h5-18,21,29-34H,3,19-20H2,1-2,4H3/t29?,30?,31?,32?,33-,34?/m1/s1. The number of hydrogen-bond acceptors (Lipinski definition) is 4. The van der Waals surface area contributed by atoms with Gasteiger partial charge < -0.3 is 9.47 Å². The second-order valence-electron chi connectivity index (χ2n) is 11.8. The molecule has 0 saturated heterocycles. The van der Waals surface area contributed by atoms with Crippen LogP contribution in [0.15, 0.2) is 103 Å². The van der Waals surface area contributed by atoms with Crippen molar-refractivity contribution in [3.05, 3.63) is 125 Å². The van der Waals surface area contributed by atoms with E-state index in [9.17, 15) is 9.59 Å². The number of benzene rings is 3. The minimum Gasteiger partial charge on any atom is -0.455 e. The van der Waals surface area contributed by atoms with Crippen molar-refractivity contribution in [2.45, 2.75) is 51.7 Å². The third-order valence-corrected chi connectivity index (χ3v) is 9.37. The van der Waals surface area contributed by atoms with Gasteiger partial charge in [0.15, 0.2) is 0 Å². The van der Waals surface area contributed by atoms with Crippen molar-refractivity contribution in [3.8, 4) is 0 Å². The van der Waals surface area contributed by atoms with Crippen LogP contribution in [0.3, 0.4) is 0 Å². The number of ether oxygens (including phenoxy) is 2. The second kappa shape index (κ2) is 10.6. The van der Waals surface area contributed by atoms with Crippen LogP contribution in [-0.2, 0) is 9.47 Å². The summed E-state index contributed by atoms with van der Waals surface area (Å²) >= 11 is 0. The van der Waals surface area contributed by atoms with Gasteiger partial charge in [-0.3, -0.25) is 0 Å². The van der Waals surface area contributed by atoms with Crippen LogP contribution in [0.4, 0.5) is 0 Å². The summed E-state index contributed by atoms with van der Waals surface area (Å²) in [5.74, 6) is 0.554. The molecule has 6 atom stereocenters. The second-order valence-corrected chi connectivity index (χ2v) is 11.8. The highest BCUT2D eigenvalue weighted by Gasteiger charge is 2.63. The Labute approximate surface area is 236 Å². The van der Waals surface area contributed by atoms with E-state index in [2.05, 4.69) is 51.6 Å². The normalized spacial score (nSPS) is 26.6. The molecule has 40 heavy (non-hydrogen) atoms. The lowest BCUT2D eigenvalue weighted by molar-refractivity contribution is -0.0744. The molecule has 2 bridgehead atoms. The van der Waals surface area contributed by atoms with Crippen molar-refractivity contribution in [3.63, 3.8) is 0 Å². The van der Waals surface area contributed by atoms with E-state index in [0.29, 0.717) is 23.0 Å². The number of allylic oxidation sites excluding steroid dienone is 3. The van der Waals surface area contributed by atoms with E-state index >= 15 is 0 Å². The van der Waals surface area contributed by atoms with Crippen molar-refractivity contribution in [2.75, 3.05) is 0 Å². The first kappa shape index (κ1) is 26.3. The van der Waals surface area contributed by atoms with E-state index < -0.39 is 12.2 Å². The predicted molar refractivity (Wildman–Crippen MR) is 157 cm³/mol. The van der Waals surface area contributed by atoms with Crippen LogP contribution >= 0.6 is 0 Å². The number of carbonyl (C=O) groups excluding carboxylic acids is 2. The molecule has 5 unspecified atom stereocenters. The molecule has 0 heterocycles. The monoisotopic (exact) mass is 532 g/mol. The molecule has 0 spiro atoms. The van der Waals surface area contributed by atoms with Gasteiger partial charge in [0.25, 0.3) is 0 Å². The lowest BCUT2D eigenvalue weighted by Crippen LogP contribution is -2.46. The highest BCUT2D eigenvalue weighted by Crippen LogP contribution is 2.63. The Hall–Kier alpha value is -3.92. The average molecular weight is 533 g/mol. The average Bonchev–Trinajstić information content (AvgIpc) is 3.63. The number of rotatable bonds is 7. The summed E-state index contributed by atoms with van der Waals surface area (Å²) in [7, 11) is 0. The van der Waals surface area contributed by atoms with Crippen molar-refractivity contribution >= 4 is 17.5 Å². The fourth-order valence-electron chi connectivity index (χ4n) is 7.40. The van der Waals surface area contributed by atoms with Gasteiger partial charge in [-0.05, 0) is 84.1 Å². The number of fused-ring (bicyclic) bond motifs is 5. The van der Waals surface area contributed by atoms with Crippen molar-refractivity contribution in [1.82, 2.24) is 0 Å². The molecule has 3 aliphatic rings. The van der Waals surface area contributed by atoms with Gasteiger partial charge in [0.1, 0.15) is 12.2 Å². The smallest absolute Gasteiger partial charge is 0.338 e. The number of hydrogen-bond donors (Lipinski definition) is 0. The predicted octanol–water partition coefficient (Wildman–Crippen LogP) is 7.88. The van der Waals surface area contributed by atoms with Crippen LogP contribution in [0, 0.1) is 23.7 Å². The van der Waals surface area contributed by atoms with E-state index in [1.807, 2.05) is 36.4 Å². The molecule has 3 aromatic carbocycles. The molecule has 3 aliphatic carbocycles. The fourth-order valence-corrected chi connectivity index (χ4v) is 7.40. The number of esters is 2. The summed E-state index contributed by atoms with van der Waals surface area (Å²) < 4.78 is 12.4. The zero-order chi connectivity index (χ0) is 28.0. The molecule has 4 heteroatoms. The summed E-state index contributed by atoms with van der Waals surface area (Å²) in [4.78, 5) is 26.4. The summed E-state index contributed by atoms with van der Waals surface area (Å²) in [5.41, 5.74) is 7.19. The van der Waals surface area contributed by atoms with Gasteiger partial charge in [0.2, 0.25) is 0 Å². The molecule has 3 aromatic rings. The molecule has 2 fully saturated rings. The largest absolute Gasteiger partial charge is 0.455 e. The Kier molecular flexibility index (Phi) is 6.95. The van der Waals surface area contributed by atoms with Crippen molar-refractivity contribution in [1.29, 1.82) is 0 Å². The lowest BCUT2D eigenvalue weighted by Gasteiger charge is -2.37. The van der Waals surface area contributed by atoms with E-state index in [-0.39, 0.29) is 29.7 Å². The molecule has 0 aromatic heterocycles. The Morgan fingerprint density at radius 3 is 1.88 bits per heavy atom. The first-order chi connectivity index (χ1) is 19.3. The molecule has 0 radical (unpaired) electrons. The molecular weight excluding hydrogens is 496 g/mol. The summed E-state index contributed by atoms with van der Waals surface area (Å²) in [5, 5.41) is 0. The van der Waals surface area contributed by atoms with Gasteiger partial charge in [-0.1, -0.05) is 86.7 Å². The zero-order valence-electron chi connectivity index (χ0n) is 23.4. The van der Waals surface area contributed by atoms with Gasteiger partial charge in [0.05, 0.1) is 11.1 Å². The maximum atomic E-state index is 13.2. The summed E-state index contributed by atoms with van der Waals surface area (Å²) in [6.07, 6.45) is 0.824. The van der Waals surface area contributed by atoms with Gasteiger partial charge in [-0.2, -0.15) is 0 Å². The quantitative estimate of drug-likeness (QED) is 0.291. The first-order valence-corrected chi connectivity index (χ1v) is 14.3. The van der Waals surface area contributed by atoms with E-state index in [1.54, 1.807) is 24.3 Å². The first-order valence-electron chi connectivity index (χ1n) is 14.3. The van der Waals surface area contributed by atoms with Gasteiger partial charge >= 0.3 is 11.9 Å². The summed E-state index contributed by atoms with van der Waals surface area (Å²) in [6, 6.07) is 26.8.